The first kappa shape index (κ1) is 14.5. The molecule has 4 N–H and O–H groups in total. The number of nitrogens with one attached hydrogen (secondary N) is 2. The number of benzene rings is 1. The van der Waals surface area contributed by atoms with Crippen molar-refractivity contribution in [1.82, 2.24) is 14.9 Å². The summed E-state index contributed by atoms with van der Waals surface area (Å²) in [5, 5.41) is 6.38. The quantitative estimate of drug-likeness (QED) is 0.712. The molecule has 0 unspecified atom stereocenters. The summed E-state index contributed by atoms with van der Waals surface area (Å²) in [6, 6.07) is 4.83. The average molecular weight is 296 g/mol. The van der Waals surface area contributed by atoms with Crippen molar-refractivity contribution in [2.24, 2.45) is 5.73 Å². The number of hydrogen-bond acceptors (Lipinski definition) is 5. The van der Waals surface area contributed by atoms with E-state index < -0.39 is 10.0 Å². The Labute approximate surface area is 117 Å². The first-order chi connectivity index (χ1) is 9.56. The van der Waals surface area contributed by atoms with E-state index in [0.29, 0.717) is 0 Å². The number of sulfonamides is 1. The molecular weight excluding hydrogens is 280 g/mol. The molecule has 8 heteroatoms. The summed E-state index contributed by atoms with van der Waals surface area (Å²) in [5.74, 6) is 0.280. The van der Waals surface area contributed by atoms with Crippen molar-refractivity contribution in [3.63, 3.8) is 0 Å². The SMILES string of the molecule is COc1ccc(CN)cc1S(=O)(=O)NCc1cn[nH]c1. The molecule has 1 heterocycles. The lowest BCUT2D eigenvalue weighted by Crippen LogP contribution is -2.23. The molecule has 108 valence electrons. The third-order valence-electron chi connectivity index (χ3n) is 2.77. The first-order valence-electron chi connectivity index (χ1n) is 5.91. The fourth-order valence-electron chi connectivity index (χ4n) is 1.69. The fourth-order valence-corrected chi connectivity index (χ4v) is 2.92. The van der Waals surface area contributed by atoms with Gasteiger partial charge in [0.05, 0.1) is 13.3 Å². The van der Waals surface area contributed by atoms with Gasteiger partial charge in [0.25, 0.3) is 0 Å². The van der Waals surface area contributed by atoms with Crippen molar-refractivity contribution in [3.05, 3.63) is 41.7 Å². The van der Waals surface area contributed by atoms with Crippen molar-refractivity contribution in [3.8, 4) is 5.75 Å². The minimum Gasteiger partial charge on any atom is -0.495 e. The highest BCUT2D eigenvalue weighted by Crippen LogP contribution is 2.24. The molecule has 0 bridgehead atoms. The van der Waals surface area contributed by atoms with Crippen LogP contribution in [-0.4, -0.2) is 25.7 Å². The molecular formula is C12H16N4O3S. The van der Waals surface area contributed by atoms with Gasteiger partial charge in [0.2, 0.25) is 10.0 Å². The van der Waals surface area contributed by atoms with Crippen LogP contribution in [-0.2, 0) is 23.1 Å². The Morgan fingerprint density at radius 2 is 2.20 bits per heavy atom. The van der Waals surface area contributed by atoms with E-state index in [1.807, 2.05) is 0 Å². The zero-order valence-electron chi connectivity index (χ0n) is 11.0. The molecule has 0 aliphatic heterocycles. The fraction of sp³-hybridized carbons (Fsp3) is 0.250. The maximum atomic E-state index is 12.3. The minimum atomic E-state index is -3.68. The van der Waals surface area contributed by atoms with E-state index in [0.717, 1.165) is 11.1 Å². The summed E-state index contributed by atoms with van der Waals surface area (Å²) >= 11 is 0. The second-order valence-electron chi connectivity index (χ2n) is 4.12. The largest absolute Gasteiger partial charge is 0.495 e. The van der Waals surface area contributed by atoms with E-state index in [2.05, 4.69) is 14.9 Å². The predicted molar refractivity (Wildman–Crippen MR) is 73.5 cm³/mol. The normalized spacial score (nSPS) is 11.5. The van der Waals surface area contributed by atoms with Gasteiger partial charge >= 0.3 is 0 Å². The van der Waals surface area contributed by atoms with Crippen LogP contribution >= 0.6 is 0 Å². The Balaban J connectivity index is 2.28. The van der Waals surface area contributed by atoms with E-state index >= 15 is 0 Å². The zero-order valence-corrected chi connectivity index (χ0v) is 11.8. The van der Waals surface area contributed by atoms with Crippen LogP contribution in [0.15, 0.2) is 35.5 Å². The standard InChI is InChI=1S/C12H16N4O3S/c1-19-11-3-2-9(5-13)4-12(11)20(17,18)16-8-10-6-14-15-7-10/h2-4,6-7,16H,5,8,13H2,1H3,(H,14,15). The van der Waals surface area contributed by atoms with Crippen LogP contribution in [0, 0.1) is 0 Å². The molecule has 0 saturated carbocycles. The summed E-state index contributed by atoms with van der Waals surface area (Å²) in [6.07, 6.45) is 3.17. The van der Waals surface area contributed by atoms with Gasteiger partial charge in [-0.1, -0.05) is 6.07 Å². The Kier molecular flexibility index (Phi) is 4.38. The smallest absolute Gasteiger partial charge is 0.244 e. The molecule has 0 amide bonds. The van der Waals surface area contributed by atoms with E-state index in [1.165, 1.54) is 13.2 Å². The minimum absolute atomic E-state index is 0.0754. The van der Waals surface area contributed by atoms with Gasteiger partial charge in [-0.2, -0.15) is 5.10 Å². The van der Waals surface area contributed by atoms with Crippen LogP contribution in [0.4, 0.5) is 0 Å². The van der Waals surface area contributed by atoms with Crippen molar-refractivity contribution in [2.75, 3.05) is 7.11 Å². The van der Waals surface area contributed by atoms with Crippen molar-refractivity contribution in [2.45, 2.75) is 18.0 Å². The molecule has 20 heavy (non-hydrogen) atoms. The number of hydrogen-bond donors (Lipinski definition) is 3. The van der Waals surface area contributed by atoms with Crippen LogP contribution in [0.1, 0.15) is 11.1 Å². The van der Waals surface area contributed by atoms with Crippen LogP contribution in [0.3, 0.4) is 0 Å². The molecule has 0 saturated heterocycles. The van der Waals surface area contributed by atoms with Crippen molar-refractivity contribution in [1.29, 1.82) is 0 Å². The van der Waals surface area contributed by atoms with E-state index in [1.54, 1.807) is 24.5 Å². The number of aromatic amines is 1. The maximum absolute atomic E-state index is 12.3. The van der Waals surface area contributed by atoms with Gasteiger partial charge in [0.1, 0.15) is 10.6 Å². The van der Waals surface area contributed by atoms with Gasteiger partial charge in [-0.15, -0.1) is 0 Å². The number of ether oxygens (including phenoxy) is 1. The van der Waals surface area contributed by atoms with Gasteiger partial charge in [-0.3, -0.25) is 5.10 Å². The highest BCUT2D eigenvalue weighted by Gasteiger charge is 2.19. The highest BCUT2D eigenvalue weighted by molar-refractivity contribution is 7.89. The Bertz CT molecular complexity index is 668. The maximum Gasteiger partial charge on any atom is 0.244 e. The Morgan fingerprint density at radius 1 is 1.40 bits per heavy atom. The summed E-state index contributed by atoms with van der Waals surface area (Å²) in [7, 11) is -2.26. The first-order valence-corrected chi connectivity index (χ1v) is 7.39. The molecule has 0 aliphatic carbocycles. The lowest BCUT2D eigenvalue weighted by atomic mass is 10.2. The van der Waals surface area contributed by atoms with Gasteiger partial charge in [-0.25, -0.2) is 13.1 Å². The molecule has 0 atom stereocenters. The molecule has 0 radical (unpaired) electrons. The number of methoxy groups -OCH3 is 1. The van der Waals surface area contributed by atoms with Gasteiger partial charge in [-0.05, 0) is 17.7 Å². The summed E-state index contributed by atoms with van der Waals surface area (Å²) < 4.78 is 32.2. The van der Waals surface area contributed by atoms with Gasteiger partial charge in [0, 0.05) is 24.8 Å². The molecule has 0 fully saturated rings. The molecule has 1 aromatic carbocycles. The third kappa shape index (κ3) is 3.16. The highest BCUT2D eigenvalue weighted by atomic mass is 32.2. The number of nitrogens with zero attached hydrogens (tertiary/aromatic N) is 1. The lowest BCUT2D eigenvalue weighted by Gasteiger charge is -2.11. The van der Waals surface area contributed by atoms with Crippen molar-refractivity contribution >= 4 is 10.0 Å². The Morgan fingerprint density at radius 3 is 2.80 bits per heavy atom. The predicted octanol–water partition coefficient (Wildman–Crippen LogP) is 0.356. The molecule has 7 nitrogen and oxygen atoms in total. The molecule has 2 rings (SSSR count). The third-order valence-corrected chi connectivity index (χ3v) is 4.20. The van der Waals surface area contributed by atoms with Crippen LogP contribution < -0.4 is 15.2 Å². The average Bonchev–Trinajstić information content (AvgIpc) is 2.98. The molecule has 2 aromatic rings. The lowest BCUT2D eigenvalue weighted by molar-refractivity contribution is 0.402. The zero-order chi connectivity index (χ0) is 14.6. The molecule has 0 spiro atoms. The summed E-state index contributed by atoms with van der Waals surface area (Å²) in [5.41, 5.74) is 6.99. The van der Waals surface area contributed by atoms with E-state index in [-0.39, 0.29) is 23.7 Å². The van der Waals surface area contributed by atoms with E-state index in [4.69, 9.17) is 10.5 Å². The monoisotopic (exact) mass is 296 g/mol. The number of H-pyrrole nitrogens is 1. The topological polar surface area (TPSA) is 110 Å². The van der Waals surface area contributed by atoms with Gasteiger partial charge in [0.15, 0.2) is 0 Å². The molecule has 1 aromatic heterocycles. The second kappa shape index (κ2) is 6.04. The number of aromatic nitrogens is 2. The molecule has 0 aliphatic rings. The Hall–Kier alpha value is -1.90. The van der Waals surface area contributed by atoms with Crippen LogP contribution in [0.2, 0.25) is 0 Å². The van der Waals surface area contributed by atoms with Gasteiger partial charge < -0.3 is 10.5 Å². The number of rotatable bonds is 6. The van der Waals surface area contributed by atoms with Crippen molar-refractivity contribution < 1.29 is 13.2 Å². The second-order valence-corrected chi connectivity index (χ2v) is 5.86. The van der Waals surface area contributed by atoms with Crippen LogP contribution in [0.25, 0.3) is 0 Å². The van der Waals surface area contributed by atoms with Crippen LogP contribution in [0.5, 0.6) is 5.75 Å². The van der Waals surface area contributed by atoms with E-state index in [9.17, 15) is 8.42 Å². The summed E-state index contributed by atoms with van der Waals surface area (Å²) in [4.78, 5) is 0.0754. The summed E-state index contributed by atoms with van der Waals surface area (Å²) in [6.45, 7) is 0.406. The number of nitrogens with two attached hydrogens (primary N) is 1.